The van der Waals surface area contributed by atoms with E-state index in [4.69, 9.17) is 4.74 Å². The number of benzene rings is 1. The van der Waals surface area contributed by atoms with Crippen LogP contribution in [0.25, 0.3) is 0 Å². The van der Waals surface area contributed by atoms with E-state index in [-0.39, 0.29) is 38.1 Å². The molecule has 1 fully saturated rings. The Labute approximate surface area is 190 Å². The van der Waals surface area contributed by atoms with Crippen LogP contribution in [0.15, 0.2) is 30.3 Å². The van der Waals surface area contributed by atoms with Gasteiger partial charge in [-0.15, -0.1) is 0 Å². The molecule has 2 aliphatic rings. The van der Waals surface area contributed by atoms with Crippen LogP contribution in [0.2, 0.25) is 0 Å². The number of carbonyl (C=O) groups is 1. The summed E-state index contributed by atoms with van der Waals surface area (Å²) in [6, 6.07) is 7.55. The molecule has 0 bridgehead atoms. The summed E-state index contributed by atoms with van der Waals surface area (Å²) in [5.74, 6) is 0.393. The number of likely N-dealkylation sites (N-methyl/N-ethyl adjacent to an activating group) is 1. The van der Waals surface area contributed by atoms with Crippen molar-refractivity contribution in [3.8, 4) is 5.75 Å². The Bertz CT molecular complexity index is 1050. The Morgan fingerprint density at radius 2 is 1.88 bits per heavy atom. The average molecular weight is 468 g/mol. The third-order valence-corrected chi connectivity index (χ3v) is 6.79. The molecule has 3 heterocycles. The molecule has 9 heteroatoms. The first kappa shape index (κ1) is 23.6. The Hall–Kier alpha value is -2.55. The molecule has 4 rings (SSSR count). The highest BCUT2D eigenvalue weighted by molar-refractivity contribution is 5.94. The van der Waals surface area contributed by atoms with Crippen molar-refractivity contribution in [2.75, 3.05) is 26.7 Å². The van der Waals surface area contributed by atoms with Gasteiger partial charge in [-0.05, 0) is 70.1 Å². The van der Waals surface area contributed by atoms with Crippen LogP contribution >= 0.6 is 0 Å². The first-order chi connectivity index (χ1) is 15.4. The topological polar surface area (TPSA) is 37.7 Å². The Morgan fingerprint density at radius 3 is 2.48 bits per heavy atom. The van der Waals surface area contributed by atoms with E-state index in [1.165, 1.54) is 15.5 Å². The van der Waals surface area contributed by atoms with Gasteiger partial charge in [0, 0.05) is 30.9 Å². The zero-order valence-corrected chi connectivity index (χ0v) is 19.2. The quantitative estimate of drug-likeness (QED) is 0.618. The molecule has 1 spiro atoms. The second-order valence-electron chi connectivity index (χ2n) is 9.21. The van der Waals surface area contributed by atoms with Crippen molar-refractivity contribution in [3.05, 3.63) is 52.8 Å². The van der Waals surface area contributed by atoms with Crippen LogP contribution in [0.5, 0.6) is 5.75 Å². The van der Waals surface area contributed by atoms with E-state index in [1.54, 1.807) is 30.1 Å². The van der Waals surface area contributed by atoms with Crippen molar-refractivity contribution in [2.45, 2.75) is 57.7 Å². The fraction of sp³-hybridized carbons (Fsp3) is 0.542. The molecule has 0 radical (unpaired) electrons. The minimum Gasteiger partial charge on any atom is -0.491 e. The molecule has 2 aliphatic heterocycles. The van der Waals surface area contributed by atoms with Gasteiger partial charge < -0.3 is 14.2 Å². The average Bonchev–Trinajstić information content (AvgIpc) is 3.18. The largest absolute Gasteiger partial charge is 0.491 e. The fourth-order valence-electron chi connectivity index (χ4n) is 5.13. The smallest absolute Gasteiger partial charge is 0.431 e. The number of halogens is 4. The molecule has 0 unspecified atom stereocenters. The first-order valence-electron chi connectivity index (χ1n) is 11.1. The minimum atomic E-state index is -4.50. The lowest BCUT2D eigenvalue weighted by molar-refractivity contribution is -0.145. The number of ether oxygens (including phenoxy) is 1. The summed E-state index contributed by atoms with van der Waals surface area (Å²) in [6.07, 6.45) is -5.81. The van der Waals surface area contributed by atoms with Crippen LogP contribution in [0, 0.1) is 6.92 Å². The van der Waals surface area contributed by atoms with Gasteiger partial charge in [0.05, 0.1) is 18.2 Å². The Balaban J connectivity index is 1.58. The highest BCUT2D eigenvalue weighted by Gasteiger charge is 2.53. The molecular formula is C24H29F4N3O2. The van der Waals surface area contributed by atoms with E-state index in [0.717, 1.165) is 11.6 Å². The number of rotatable bonds is 3. The number of likely N-dealkylation sites (tertiary alicyclic amines) is 1. The number of alkyl halides is 4. The standard InChI is InChI=1S/C24H29F4N3O2/c1-15(2)33-18-6-5-17(13-16(18)3)22(32)30-10-9-23(19(25)14-30)20-7-8-21(24(26,27)28)31(20)12-11-29(23)4/h5-8,13,15,19H,9-12,14H2,1-4H3/t19-,23-/m1/s1. The van der Waals surface area contributed by atoms with Crippen LogP contribution in [-0.2, 0) is 18.3 Å². The highest BCUT2D eigenvalue weighted by atomic mass is 19.4. The monoisotopic (exact) mass is 467 g/mol. The van der Waals surface area contributed by atoms with Gasteiger partial charge in [-0.1, -0.05) is 0 Å². The number of fused-ring (bicyclic) bond motifs is 2. The lowest BCUT2D eigenvalue weighted by atomic mass is 9.79. The minimum absolute atomic E-state index is 0.000114. The molecule has 1 saturated heterocycles. The van der Waals surface area contributed by atoms with Gasteiger partial charge in [0.2, 0.25) is 0 Å². The van der Waals surface area contributed by atoms with E-state index in [2.05, 4.69) is 0 Å². The van der Waals surface area contributed by atoms with Gasteiger partial charge in [-0.3, -0.25) is 9.69 Å². The molecule has 1 aromatic carbocycles. The molecule has 0 N–H and O–H groups in total. The third-order valence-electron chi connectivity index (χ3n) is 6.79. The number of carbonyl (C=O) groups excluding carboxylic acids is 1. The SMILES string of the molecule is Cc1cc(C(=O)N2CC[C@]3(c4ccc(C(F)(F)F)n4CCN3C)[C@H](F)C2)ccc1OC(C)C. The van der Waals surface area contributed by atoms with Crippen molar-refractivity contribution in [1.82, 2.24) is 14.4 Å². The van der Waals surface area contributed by atoms with Crippen LogP contribution in [0.1, 0.15) is 47.6 Å². The number of amides is 1. The molecule has 0 aliphatic carbocycles. The zero-order chi connectivity index (χ0) is 24.1. The molecule has 1 amide bonds. The molecule has 0 saturated carbocycles. The number of aryl methyl sites for hydroxylation is 1. The number of hydrogen-bond acceptors (Lipinski definition) is 3. The number of aromatic nitrogens is 1. The molecule has 2 atom stereocenters. The van der Waals surface area contributed by atoms with E-state index < -0.39 is 23.6 Å². The zero-order valence-electron chi connectivity index (χ0n) is 19.2. The van der Waals surface area contributed by atoms with Crippen molar-refractivity contribution >= 4 is 5.91 Å². The molecular weight excluding hydrogens is 438 g/mol. The van der Waals surface area contributed by atoms with E-state index >= 15 is 4.39 Å². The first-order valence-corrected chi connectivity index (χ1v) is 11.1. The Morgan fingerprint density at radius 1 is 1.15 bits per heavy atom. The normalized spacial score (nSPS) is 23.8. The lowest BCUT2D eigenvalue weighted by Gasteiger charge is -2.52. The van der Waals surface area contributed by atoms with Gasteiger partial charge in [0.25, 0.3) is 5.91 Å². The van der Waals surface area contributed by atoms with Crippen LogP contribution in [-0.4, -0.2) is 59.2 Å². The predicted molar refractivity (Wildman–Crippen MR) is 116 cm³/mol. The maximum atomic E-state index is 15.8. The highest BCUT2D eigenvalue weighted by Crippen LogP contribution is 2.45. The summed E-state index contributed by atoms with van der Waals surface area (Å²) in [4.78, 5) is 16.4. The third kappa shape index (κ3) is 4.00. The summed E-state index contributed by atoms with van der Waals surface area (Å²) >= 11 is 0. The van der Waals surface area contributed by atoms with Crippen molar-refractivity contribution in [3.63, 3.8) is 0 Å². The van der Waals surface area contributed by atoms with Crippen LogP contribution in [0.4, 0.5) is 17.6 Å². The van der Waals surface area contributed by atoms with Crippen LogP contribution < -0.4 is 4.74 Å². The van der Waals surface area contributed by atoms with Gasteiger partial charge in [-0.25, -0.2) is 4.39 Å². The fourth-order valence-corrected chi connectivity index (χ4v) is 5.13. The predicted octanol–water partition coefficient (Wildman–Crippen LogP) is 4.63. The van der Waals surface area contributed by atoms with E-state index in [1.807, 2.05) is 20.8 Å². The van der Waals surface area contributed by atoms with Gasteiger partial charge in [0.1, 0.15) is 17.6 Å². The molecule has 1 aromatic heterocycles. The maximum absolute atomic E-state index is 15.8. The van der Waals surface area contributed by atoms with Crippen molar-refractivity contribution in [1.29, 1.82) is 0 Å². The molecule has 180 valence electrons. The Kier molecular flexibility index (Phi) is 5.97. The van der Waals surface area contributed by atoms with E-state index in [0.29, 0.717) is 23.6 Å². The van der Waals surface area contributed by atoms with Gasteiger partial charge in [-0.2, -0.15) is 13.2 Å². The second kappa shape index (κ2) is 8.34. The summed E-state index contributed by atoms with van der Waals surface area (Å²) in [5.41, 5.74) is -0.372. The molecule has 5 nitrogen and oxygen atoms in total. The van der Waals surface area contributed by atoms with Crippen molar-refractivity contribution in [2.24, 2.45) is 0 Å². The summed E-state index contributed by atoms with van der Waals surface area (Å²) in [7, 11) is 1.74. The lowest BCUT2D eigenvalue weighted by Crippen LogP contribution is -2.63. The maximum Gasteiger partial charge on any atom is 0.431 e. The number of nitrogens with zero attached hydrogens (tertiary/aromatic N) is 3. The molecule has 2 aromatic rings. The number of hydrogen-bond donors (Lipinski definition) is 0. The summed E-state index contributed by atoms with van der Waals surface area (Å²) in [5, 5.41) is 0. The van der Waals surface area contributed by atoms with Crippen molar-refractivity contribution < 1.29 is 27.1 Å². The molecule has 33 heavy (non-hydrogen) atoms. The second-order valence-corrected chi connectivity index (χ2v) is 9.21. The van der Waals surface area contributed by atoms with E-state index in [9.17, 15) is 18.0 Å². The van der Waals surface area contributed by atoms with Gasteiger partial charge in [0.15, 0.2) is 0 Å². The summed E-state index contributed by atoms with van der Waals surface area (Å²) in [6.45, 7) is 6.20. The van der Waals surface area contributed by atoms with Gasteiger partial charge >= 0.3 is 6.18 Å². The summed E-state index contributed by atoms with van der Waals surface area (Å²) < 4.78 is 63.1. The van der Waals surface area contributed by atoms with Crippen LogP contribution in [0.3, 0.4) is 0 Å². The number of piperidine rings is 1.